The van der Waals surface area contributed by atoms with Crippen LogP contribution < -0.4 is 5.01 Å². The largest absolute Gasteiger partial charge is 0.457 e. The van der Waals surface area contributed by atoms with Crippen molar-refractivity contribution < 1.29 is 36.1 Å². The Morgan fingerprint density at radius 1 is 1.03 bits per heavy atom. The van der Waals surface area contributed by atoms with Crippen molar-refractivity contribution in [1.29, 1.82) is 0 Å². The Bertz CT molecular complexity index is 1420. The minimum atomic E-state index is -2.36. The third kappa shape index (κ3) is 3.77. The van der Waals surface area contributed by atoms with Crippen LogP contribution in [0, 0.1) is 39.2 Å². The summed E-state index contributed by atoms with van der Waals surface area (Å²) in [6, 6.07) is 6.93. The van der Waals surface area contributed by atoms with Crippen LogP contribution in [0.5, 0.6) is 0 Å². The molecule has 1 amide bonds. The van der Waals surface area contributed by atoms with Crippen LogP contribution in [-0.2, 0) is 4.79 Å². The number of hydrazone groups is 1. The number of furan rings is 1. The van der Waals surface area contributed by atoms with Gasteiger partial charge in [0.2, 0.25) is 5.82 Å². The summed E-state index contributed by atoms with van der Waals surface area (Å²) in [4.78, 5) is 23.0. The molecule has 2 heterocycles. The van der Waals surface area contributed by atoms with Gasteiger partial charge in [-0.25, -0.2) is 22.0 Å². The molecule has 0 aliphatic carbocycles. The number of rotatable bonds is 4. The maximum absolute atomic E-state index is 14.1. The zero-order valence-electron chi connectivity index (χ0n) is 16.7. The van der Waals surface area contributed by atoms with Crippen LogP contribution in [0.25, 0.3) is 17.4 Å². The molecule has 0 N–H and O–H groups in total. The summed E-state index contributed by atoms with van der Waals surface area (Å²) in [5.41, 5.74) is -1.47. The Labute approximate surface area is 195 Å². The van der Waals surface area contributed by atoms with Crippen LogP contribution in [0.15, 0.2) is 49.9 Å². The molecular formula is C21H9BrF5N3O4. The number of hydrogen-bond donors (Lipinski definition) is 0. The molecule has 0 unspecified atom stereocenters. The van der Waals surface area contributed by atoms with Crippen molar-refractivity contribution >= 4 is 45.0 Å². The van der Waals surface area contributed by atoms with E-state index in [1.807, 2.05) is 0 Å². The van der Waals surface area contributed by atoms with Gasteiger partial charge in [-0.3, -0.25) is 14.9 Å². The Morgan fingerprint density at radius 2 is 1.65 bits per heavy atom. The molecule has 3 aromatic rings. The molecule has 0 fully saturated rings. The van der Waals surface area contributed by atoms with Gasteiger partial charge in [0.05, 0.1) is 16.2 Å². The lowest BCUT2D eigenvalue weighted by molar-refractivity contribution is -0.384. The maximum Gasteiger partial charge on any atom is 0.280 e. The SMILES string of the molecule is CC1=NN(c2c(F)c(F)c(F)c(F)c2F)C(=O)/C1=C\c1ccc(-c2ccc([N+](=O)[O-])cc2Br)o1. The third-order valence-electron chi connectivity index (χ3n) is 4.80. The molecule has 1 aliphatic rings. The second-order valence-electron chi connectivity index (χ2n) is 6.90. The maximum atomic E-state index is 14.1. The molecule has 0 saturated heterocycles. The molecule has 7 nitrogen and oxygen atoms in total. The lowest BCUT2D eigenvalue weighted by Gasteiger charge is -2.14. The lowest BCUT2D eigenvalue weighted by atomic mass is 10.1. The van der Waals surface area contributed by atoms with Gasteiger partial charge in [0, 0.05) is 22.2 Å². The predicted octanol–water partition coefficient (Wildman–Crippen LogP) is 6.12. The van der Waals surface area contributed by atoms with Crippen LogP contribution in [-0.4, -0.2) is 16.5 Å². The fourth-order valence-corrected chi connectivity index (χ4v) is 3.71. The van der Waals surface area contributed by atoms with Crippen LogP contribution in [0.4, 0.5) is 33.3 Å². The van der Waals surface area contributed by atoms with E-state index in [9.17, 15) is 36.9 Å². The van der Waals surface area contributed by atoms with Crippen LogP contribution in [0.1, 0.15) is 12.7 Å². The Balaban J connectivity index is 1.69. The number of carbonyl (C=O) groups excluding carboxylic acids is 1. The van der Waals surface area contributed by atoms with E-state index in [-0.39, 0.29) is 33.5 Å². The van der Waals surface area contributed by atoms with Gasteiger partial charge < -0.3 is 4.42 Å². The first kappa shape index (κ1) is 23.3. The highest BCUT2D eigenvalue weighted by Gasteiger charge is 2.37. The van der Waals surface area contributed by atoms with Crippen LogP contribution >= 0.6 is 15.9 Å². The Kier molecular flexibility index (Phi) is 5.81. The van der Waals surface area contributed by atoms with Crippen molar-refractivity contribution in [3.8, 4) is 11.3 Å². The van der Waals surface area contributed by atoms with Crippen molar-refractivity contribution in [3.63, 3.8) is 0 Å². The molecule has 34 heavy (non-hydrogen) atoms. The molecule has 4 rings (SSSR count). The van der Waals surface area contributed by atoms with E-state index >= 15 is 0 Å². The van der Waals surface area contributed by atoms with E-state index in [1.165, 1.54) is 43.3 Å². The molecule has 174 valence electrons. The normalized spacial score (nSPS) is 14.8. The quantitative estimate of drug-likeness (QED) is 0.0993. The fraction of sp³-hybridized carbons (Fsp3) is 0.0476. The molecule has 1 aromatic heterocycles. The number of nitrogens with zero attached hydrogens (tertiary/aromatic N) is 3. The van der Waals surface area contributed by atoms with Crippen molar-refractivity contribution in [2.24, 2.45) is 5.10 Å². The average molecular weight is 542 g/mol. The first-order chi connectivity index (χ1) is 16.0. The third-order valence-corrected chi connectivity index (χ3v) is 5.46. The standard InChI is InChI=1S/C21H9BrF5N3O4/c1-8-12(21(31)29(28-8)20-18(26)16(24)15(23)17(25)19(20)27)7-10-3-5-14(34-10)11-4-2-9(30(32)33)6-13(11)22/h2-7H,1H3/b12-7-. The monoisotopic (exact) mass is 541 g/mol. The van der Waals surface area contributed by atoms with Crippen LogP contribution in [0.2, 0.25) is 0 Å². The van der Waals surface area contributed by atoms with Crippen LogP contribution in [0.3, 0.4) is 0 Å². The van der Waals surface area contributed by atoms with Crippen molar-refractivity contribution in [2.75, 3.05) is 5.01 Å². The predicted molar refractivity (Wildman–Crippen MR) is 113 cm³/mol. The summed E-state index contributed by atoms with van der Waals surface area (Å²) >= 11 is 3.21. The minimum Gasteiger partial charge on any atom is -0.457 e. The van der Waals surface area contributed by atoms with E-state index < -0.39 is 45.6 Å². The second-order valence-corrected chi connectivity index (χ2v) is 7.76. The topological polar surface area (TPSA) is 89.0 Å². The van der Waals surface area contributed by atoms with Gasteiger partial charge in [0.1, 0.15) is 17.2 Å². The van der Waals surface area contributed by atoms with Crippen molar-refractivity contribution in [3.05, 3.63) is 85.3 Å². The number of benzene rings is 2. The molecular weight excluding hydrogens is 533 g/mol. The highest BCUT2D eigenvalue weighted by molar-refractivity contribution is 9.10. The van der Waals surface area contributed by atoms with E-state index in [4.69, 9.17) is 4.42 Å². The molecule has 0 saturated carbocycles. The summed E-state index contributed by atoms with van der Waals surface area (Å²) in [6.45, 7) is 1.30. The van der Waals surface area contributed by atoms with E-state index in [0.29, 0.717) is 10.0 Å². The molecule has 0 atom stereocenters. The highest BCUT2D eigenvalue weighted by atomic mass is 79.9. The number of amides is 1. The summed E-state index contributed by atoms with van der Waals surface area (Å²) in [5.74, 6) is -12.0. The fourth-order valence-electron chi connectivity index (χ4n) is 3.15. The highest BCUT2D eigenvalue weighted by Crippen LogP contribution is 2.35. The lowest BCUT2D eigenvalue weighted by Crippen LogP contribution is -2.25. The molecule has 2 aromatic carbocycles. The van der Waals surface area contributed by atoms with Gasteiger partial charge in [-0.1, -0.05) is 0 Å². The first-order valence-corrected chi connectivity index (χ1v) is 9.97. The number of hydrogen-bond acceptors (Lipinski definition) is 5. The molecule has 13 heteroatoms. The van der Waals surface area contributed by atoms with Gasteiger partial charge in [-0.2, -0.15) is 10.1 Å². The Morgan fingerprint density at radius 3 is 2.24 bits per heavy atom. The number of carbonyl (C=O) groups is 1. The van der Waals surface area contributed by atoms with Gasteiger partial charge in [0.25, 0.3) is 11.6 Å². The summed E-state index contributed by atoms with van der Waals surface area (Å²) < 4.78 is 74.8. The number of anilines is 1. The van der Waals surface area contributed by atoms with Gasteiger partial charge in [-0.05, 0) is 47.1 Å². The van der Waals surface area contributed by atoms with E-state index in [0.717, 1.165) is 0 Å². The minimum absolute atomic E-state index is 0.0663. The number of nitro benzene ring substituents is 1. The molecule has 0 spiro atoms. The van der Waals surface area contributed by atoms with E-state index in [1.54, 1.807) is 0 Å². The molecule has 0 bridgehead atoms. The van der Waals surface area contributed by atoms with Gasteiger partial charge in [-0.15, -0.1) is 0 Å². The number of non-ortho nitro benzene ring substituents is 1. The zero-order chi connectivity index (χ0) is 24.9. The first-order valence-electron chi connectivity index (χ1n) is 9.18. The van der Waals surface area contributed by atoms with Gasteiger partial charge in [0.15, 0.2) is 23.3 Å². The summed E-state index contributed by atoms with van der Waals surface area (Å²) in [5, 5.41) is 14.6. The van der Waals surface area contributed by atoms with Crippen molar-refractivity contribution in [1.82, 2.24) is 0 Å². The smallest absolute Gasteiger partial charge is 0.280 e. The molecule has 0 radical (unpaired) electrons. The average Bonchev–Trinajstić information content (AvgIpc) is 3.36. The summed E-state index contributed by atoms with van der Waals surface area (Å²) in [7, 11) is 0. The molecule has 1 aliphatic heterocycles. The zero-order valence-corrected chi connectivity index (χ0v) is 18.3. The second kappa shape index (κ2) is 8.48. The Hall–Kier alpha value is -3.87. The number of nitro groups is 1. The summed E-state index contributed by atoms with van der Waals surface area (Å²) in [6.07, 6.45) is 1.18. The van der Waals surface area contributed by atoms with Gasteiger partial charge >= 0.3 is 0 Å². The number of halogens is 6. The van der Waals surface area contributed by atoms with Crippen molar-refractivity contribution in [2.45, 2.75) is 6.92 Å². The van der Waals surface area contributed by atoms with E-state index in [2.05, 4.69) is 21.0 Å².